The normalized spacial score (nSPS) is 17.7. The summed E-state index contributed by atoms with van der Waals surface area (Å²) in [6.07, 6.45) is 6.09. The first kappa shape index (κ1) is 15.8. The van der Waals surface area contributed by atoms with Crippen LogP contribution >= 0.6 is 12.2 Å². The second kappa shape index (κ2) is 6.89. The predicted octanol–water partition coefficient (Wildman–Crippen LogP) is 2.43. The zero-order valence-corrected chi connectivity index (χ0v) is 12.9. The number of carbonyl (C=O) groups is 1. The Hall–Kier alpha value is -1.62. The topological polar surface area (TPSA) is 75.3 Å². The van der Waals surface area contributed by atoms with Crippen LogP contribution in [0.3, 0.4) is 0 Å². The summed E-state index contributed by atoms with van der Waals surface area (Å²) in [4.78, 5) is 12.7. The number of nitrogens with two attached hydrogens (primary N) is 1. The highest BCUT2D eigenvalue weighted by Crippen LogP contribution is 2.28. The van der Waals surface area contributed by atoms with Gasteiger partial charge >= 0.3 is 0 Å². The van der Waals surface area contributed by atoms with Crippen molar-refractivity contribution >= 4 is 23.1 Å². The Morgan fingerprint density at radius 3 is 2.43 bits per heavy atom. The van der Waals surface area contributed by atoms with Crippen molar-refractivity contribution in [2.75, 3.05) is 0 Å². The number of para-hydroxylation sites is 1. The van der Waals surface area contributed by atoms with Gasteiger partial charge in [0, 0.05) is 5.56 Å². The van der Waals surface area contributed by atoms with E-state index in [2.05, 4.69) is 5.32 Å². The number of nitrogens with one attached hydrogen (secondary N) is 1. The SMILES string of the molecule is NC(=S)C1(NC(=O)Cc2ccccc2O)CCCCCC1. The highest BCUT2D eigenvalue weighted by atomic mass is 32.1. The molecule has 5 heteroatoms. The number of hydrogen-bond donors (Lipinski definition) is 3. The largest absolute Gasteiger partial charge is 0.508 e. The molecule has 1 saturated carbocycles. The summed E-state index contributed by atoms with van der Waals surface area (Å²) in [6, 6.07) is 6.86. The lowest BCUT2D eigenvalue weighted by Crippen LogP contribution is -2.56. The van der Waals surface area contributed by atoms with E-state index < -0.39 is 5.54 Å². The molecule has 0 unspecified atom stereocenters. The average Bonchev–Trinajstić information content (AvgIpc) is 2.68. The quantitative estimate of drug-likeness (QED) is 0.590. The van der Waals surface area contributed by atoms with E-state index in [1.807, 2.05) is 0 Å². The van der Waals surface area contributed by atoms with E-state index in [1.165, 1.54) is 0 Å². The van der Waals surface area contributed by atoms with Gasteiger partial charge in [0.2, 0.25) is 5.91 Å². The van der Waals surface area contributed by atoms with Crippen molar-refractivity contribution in [2.45, 2.75) is 50.5 Å². The number of benzene rings is 1. The maximum Gasteiger partial charge on any atom is 0.225 e. The molecule has 2 rings (SSSR count). The maximum absolute atomic E-state index is 12.3. The van der Waals surface area contributed by atoms with Crippen LogP contribution in [0.5, 0.6) is 5.75 Å². The van der Waals surface area contributed by atoms with E-state index in [0.717, 1.165) is 38.5 Å². The Kier molecular flexibility index (Phi) is 5.17. The monoisotopic (exact) mass is 306 g/mol. The highest BCUT2D eigenvalue weighted by molar-refractivity contribution is 7.80. The lowest BCUT2D eigenvalue weighted by Gasteiger charge is -2.33. The number of carbonyl (C=O) groups excluding carboxylic acids is 1. The van der Waals surface area contributed by atoms with E-state index in [9.17, 15) is 9.90 Å². The summed E-state index contributed by atoms with van der Waals surface area (Å²) in [7, 11) is 0. The summed E-state index contributed by atoms with van der Waals surface area (Å²) in [6.45, 7) is 0. The zero-order chi connectivity index (χ0) is 15.3. The van der Waals surface area contributed by atoms with Crippen molar-refractivity contribution in [2.24, 2.45) is 5.73 Å². The van der Waals surface area contributed by atoms with Gasteiger partial charge in [-0.25, -0.2) is 0 Å². The molecular weight excluding hydrogens is 284 g/mol. The first-order valence-corrected chi connectivity index (χ1v) is 7.82. The number of thiocarbonyl (C=S) groups is 1. The van der Waals surface area contributed by atoms with Crippen LogP contribution in [0.15, 0.2) is 24.3 Å². The van der Waals surface area contributed by atoms with E-state index in [4.69, 9.17) is 18.0 Å². The summed E-state index contributed by atoms with van der Waals surface area (Å²) >= 11 is 5.21. The maximum atomic E-state index is 12.3. The third-order valence-corrected chi connectivity index (χ3v) is 4.54. The van der Waals surface area contributed by atoms with Gasteiger partial charge in [0.05, 0.1) is 16.9 Å². The minimum atomic E-state index is -0.562. The molecule has 21 heavy (non-hydrogen) atoms. The number of phenols is 1. The van der Waals surface area contributed by atoms with Crippen LogP contribution < -0.4 is 11.1 Å². The number of hydrogen-bond acceptors (Lipinski definition) is 3. The van der Waals surface area contributed by atoms with Gasteiger partial charge in [0.15, 0.2) is 0 Å². The zero-order valence-electron chi connectivity index (χ0n) is 12.1. The summed E-state index contributed by atoms with van der Waals surface area (Å²) in [5, 5.41) is 12.8. The summed E-state index contributed by atoms with van der Waals surface area (Å²) < 4.78 is 0. The molecule has 0 heterocycles. The number of rotatable bonds is 4. The van der Waals surface area contributed by atoms with Crippen molar-refractivity contribution in [3.63, 3.8) is 0 Å². The molecule has 1 aliphatic carbocycles. The molecule has 0 bridgehead atoms. The molecular formula is C16H22N2O2S. The minimum absolute atomic E-state index is 0.136. The Labute approximate surface area is 130 Å². The number of phenolic OH excluding ortho intramolecular Hbond substituents is 1. The van der Waals surface area contributed by atoms with Crippen LogP contribution in [0.4, 0.5) is 0 Å². The van der Waals surface area contributed by atoms with Crippen molar-refractivity contribution < 1.29 is 9.90 Å². The number of amides is 1. The van der Waals surface area contributed by atoms with Crippen LogP contribution in [-0.4, -0.2) is 21.5 Å². The number of aromatic hydroxyl groups is 1. The molecule has 1 aromatic carbocycles. The molecule has 1 fully saturated rings. The van der Waals surface area contributed by atoms with Gasteiger partial charge in [-0.15, -0.1) is 0 Å². The highest BCUT2D eigenvalue weighted by Gasteiger charge is 2.35. The smallest absolute Gasteiger partial charge is 0.225 e. The van der Waals surface area contributed by atoms with Gasteiger partial charge in [0.25, 0.3) is 0 Å². The van der Waals surface area contributed by atoms with Crippen LogP contribution in [0.2, 0.25) is 0 Å². The molecule has 1 amide bonds. The Balaban J connectivity index is 2.08. The van der Waals surface area contributed by atoms with Gasteiger partial charge in [-0.2, -0.15) is 0 Å². The van der Waals surface area contributed by atoms with Crippen molar-refractivity contribution in [1.82, 2.24) is 5.32 Å². The molecule has 0 radical (unpaired) electrons. The van der Waals surface area contributed by atoms with Crippen LogP contribution in [0, 0.1) is 0 Å². The average molecular weight is 306 g/mol. The van der Waals surface area contributed by atoms with Gasteiger partial charge in [0.1, 0.15) is 5.75 Å². The molecule has 1 aliphatic rings. The molecule has 0 atom stereocenters. The molecule has 4 nitrogen and oxygen atoms in total. The Morgan fingerprint density at radius 2 is 1.86 bits per heavy atom. The van der Waals surface area contributed by atoms with Crippen LogP contribution in [0.25, 0.3) is 0 Å². The summed E-state index contributed by atoms with van der Waals surface area (Å²) in [5.74, 6) is -0.0101. The van der Waals surface area contributed by atoms with E-state index in [1.54, 1.807) is 24.3 Å². The first-order valence-electron chi connectivity index (χ1n) is 7.41. The lowest BCUT2D eigenvalue weighted by atomic mass is 9.89. The van der Waals surface area contributed by atoms with Crippen molar-refractivity contribution in [3.8, 4) is 5.75 Å². The van der Waals surface area contributed by atoms with E-state index in [0.29, 0.717) is 10.6 Å². The third kappa shape index (κ3) is 3.94. The van der Waals surface area contributed by atoms with E-state index >= 15 is 0 Å². The van der Waals surface area contributed by atoms with Gasteiger partial charge in [-0.05, 0) is 18.9 Å². The standard InChI is InChI=1S/C16H22N2O2S/c17-15(21)16(9-5-1-2-6-10-16)18-14(20)11-12-7-3-4-8-13(12)19/h3-4,7-8,19H,1-2,5-6,9-11H2,(H2,17,21)(H,18,20). The van der Waals surface area contributed by atoms with Crippen LogP contribution in [-0.2, 0) is 11.2 Å². The lowest BCUT2D eigenvalue weighted by molar-refractivity contribution is -0.121. The molecule has 114 valence electrons. The second-order valence-electron chi connectivity index (χ2n) is 5.71. The molecule has 0 aromatic heterocycles. The third-order valence-electron chi connectivity index (χ3n) is 4.15. The Morgan fingerprint density at radius 1 is 1.24 bits per heavy atom. The summed E-state index contributed by atoms with van der Waals surface area (Å²) in [5.41, 5.74) is 5.96. The fraction of sp³-hybridized carbons (Fsp3) is 0.500. The molecule has 1 aromatic rings. The second-order valence-corrected chi connectivity index (χ2v) is 6.15. The molecule has 0 saturated heterocycles. The molecule has 0 spiro atoms. The van der Waals surface area contributed by atoms with Crippen molar-refractivity contribution in [3.05, 3.63) is 29.8 Å². The van der Waals surface area contributed by atoms with Crippen molar-refractivity contribution in [1.29, 1.82) is 0 Å². The Bertz CT molecular complexity index is 523. The van der Waals surface area contributed by atoms with Gasteiger partial charge < -0.3 is 16.2 Å². The molecule has 0 aliphatic heterocycles. The fourth-order valence-corrected chi connectivity index (χ4v) is 3.16. The molecule has 4 N–H and O–H groups in total. The van der Waals surface area contributed by atoms with E-state index in [-0.39, 0.29) is 18.1 Å². The minimum Gasteiger partial charge on any atom is -0.508 e. The van der Waals surface area contributed by atoms with Crippen LogP contribution in [0.1, 0.15) is 44.1 Å². The van der Waals surface area contributed by atoms with Gasteiger partial charge in [-0.3, -0.25) is 4.79 Å². The first-order chi connectivity index (χ1) is 10.0. The fourth-order valence-electron chi connectivity index (χ4n) is 2.91. The van der Waals surface area contributed by atoms with Gasteiger partial charge in [-0.1, -0.05) is 56.1 Å². The predicted molar refractivity (Wildman–Crippen MR) is 87.2 cm³/mol.